The van der Waals surface area contributed by atoms with Crippen molar-refractivity contribution in [2.75, 3.05) is 26.2 Å². The highest BCUT2D eigenvalue weighted by molar-refractivity contribution is 5.78. The Morgan fingerprint density at radius 1 is 0.923 bits per heavy atom. The van der Waals surface area contributed by atoms with E-state index in [1.54, 1.807) is 5.01 Å². The molecule has 5 nitrogen and oxygen atoms in total. The highest BCUT2D eigenvalue weighted by atomic mass is 16.2. The first-order valence-electron chi connectivity index (χ1n) is 9.23. The van der Waals surface area contributed by atoms with E-state index in [0.717, 1.165) is 44.7 Å². The Morgan fingerprint density at radius 3 is 2.27 bits per heavy atom. The standard InChI is InChI=1S/C21H24N4O/c26-21(25-20(11-12-22-25)19-9-5-2-6-10-19)24-15-13-23(14-16-24)17-18-7-3-1-4-8-18/h1-10,12,20H,11,13-17H2. The summed E-state index contributed by atoms with van der Waals surface area (Å²) in [7, 11) is 0. The third-order valence-electron chi connectivity index (χ3n) is 5.10. The molecule has 1 atom stereocenters. The number of amides is 2. The maximum atomic E-state index is 13.0. The van der Waals surface area contributed by atoms with Crippen LogP contribution >= 0.6 is 0 Å². The fourth-order valence-corrected chi connectivity index (χ4v) is 3.63. The van der Waals surface area contributed by atoms with E-state index >= 15 is 0 Å². The maximum absolute atomic E-state index is 13.0. The lowest BCUT2D eigenvalue weighted by atomic mass is 10.1. The monoisotopic (exact) mass is 348 g/mol. The van der Waals surface area contributed by atoms with Crippen LogP contribution in [0.15, 0.2) is 65.8 Å². The molecule has 0 N–H and O–H groups in total. The number of hydrogen-bond donors (Lipinski definition) is 0. The van der Waals surface area contributed by atoms with E-state index in [0.29, 0.717) is 0 Å². The Kier molecular flexibility index (Phi) is 4.97. The molecule has 2 amide bonds. The third kappa shape index (κ3) is 3.63. The minimum Gasteiger partial charge on any atom is -0.321 e. The van der Waals surface area contributed by atoms with Crippen LogP contribution in [0.2, 0.25) is 0 Å². The van der Waals surface area contributed by atoms with Gasteiger partial charge in [0.1, 0.15) is 0 Å². The number of benzene rings is 2. The molecule has 0 spiro atoms. The number of urea groups is 1. The van der Waals surface area contributed by atoms with Crippen molar-refractivity contribution < 1.29 is 4.79 Å². The predicted molar refractivity (Wildman–Crippen MR) is 103 cm³/mol. The maximum Gasteiger partial charge on any atom is 0.341 e. The lowest BCUT2D eigenvalue weighted by Gasteiger charge is -2.37. The van der Waals surface area contributed by atoms with E-state index in [-0.39, 0.29) is 12.1 Å². The molecule has 0 radical (unpaired) electrons. The van der Waals surface area contributed by atoms with Gasteiger partial charge in [-0.3, -0.25) is 4.90 Å². The van der Waals surface area contributed by atoms with Crippen molar-refractivity contribution >= 4 is 12.2 Å². The lowest BCUT2D eigenvalue weighted by molar-refractivity contribution is 0.103. The molecule has 2 aliphatic heterocycles. The Balaban J connectivity index is 1.35. The summed E-state index contributed by atoms with van der Waals surface area (Å²) in [4.78, 5) is 17.3. The van der Waals surface area contributed by atoms with Crippen molar-refractivity contribution in [2.45, 2.75) is 19.0 Å². The molecule has 0 saturated carbocycles. The Labute approximate surface area is 154 Å². The summed E-state index contributed by atoms with van der Waals surface area (Å²) in [6, 6.07) is 20.7. The van der Waals surface area contributed by atoms with Crippen molar-refractivity contribution in [3.8, 4) is 0 Å². The van der Waals surface area contributed by atoms with E-state index in [1.807, 2.05) is 35.4 Å². The molecule has 0 aliphatic carbocycles. The van der Waals surface area contributed by atoms with E-state index in [2.05, 4.69) is 46.4 Å². The average Bonchev–Trinajstić information content (AvgIpc) is 3.19. The summed E-state index contributed by atoms with van der Waals surface area (Å²) in [5.41, 5.74) is 2.46. The van der Waals surface area contributed by atoms with Crippen LogP contribution in [0.25, 0.3) is 0 Å². The smallest absolute Gasteiger partial charge is 0.321 e. The van der Waals surface area contributed by atoms with Gasteiger partial charge in [0.25, 0.3) is 0 Å². The van der Waals surface area contributed by atoms with Gasteiger partial charge in [-0.1, -0.05) is 60.7 Å². The lowest BCUT2D eigenvalue weighted by Crippen LogP contribution is -2.51. The first-order chi connectivity index (χ1) is 12.8. The van der Waals surface area contributed by atoms with E-state index in [1.165, 1.54) is 5.56 Å². The Hall–Kier alpha value is -2.66. The number of carbonyl (C=O) groups excluding carboxylic acids is 1. The number of nitrogens with zero attached hydrogens (tertiary/aromatic N) is 4. The molecular weight excluding hydrogens is 324 g/mol. The summed E-state index contributed by atoms with van der Waals surface area (Å²) in [5.74, 6) is 0. The number of rotatable bonds is 3. The van der Waals surface area contributed by atoms with Crippen molar-refractivity contribution in [3.63, 3.8) is 0 Å². The molecule has 5 heteroatoms. The van der Waals surface area contributed by atoms with Gasteiger partial charge in [-0.25, -0.2) is 9.80 Å². The molecule has 2 aromatic carbocycles. The van der Waals surface area contributed by atoms with E-state index in [4.69, 9.17) is 0 Å². The van der Waals surface area contributed by atoms with Gasteiger partial charge in [-0.2, -0.15) is 5.10 Å². The second-order valence-electron chi connectivity index (χ2n) is 6.84. The van der Waals surface area contributed by atoms with Gasteiger partial charge in [-0.05, 0) is 11.1 Å². The SMILES string of the molecule is O=C(N1CCN(Cc2ccccc2)CC1)N1N=CCC1c1ccccc1. The van der Waals surface area contributed by atoms with Gasteiger partial charge in [-0.15, -0.1) is 0 Å². The van der Waals surface area contributed by atoms with E-state index < -0.39 is 0 Å². The van der Waals surface area contributed by atoms with Crippen molar-refractivity contribution in [3.05, 3.63) is 71.8 Å². The number of carbonyl (C=O) groups is 1. The van der Waals surface area contributed by atoms with Gasteiger partial charge >= 0.3 is 6.03 Å². The van der Waals surface area contributed by atoms with Crippen molar-refractivity contribution in [1.29, 1.82) is 0 Å². The van der Waals surface area contributed by atoms with Gasteiger partial charge in [0.2, 0.25) is 0 Å². The Bertz CT molecular complexity index is 754. The number of piperazine rings is 1. The zero-order valence-corrected chi connectivity index (χ0v) is 14.9. The fraction of sp³-hybridized carbons (Fsp3) is 0.333. The second kappa shape index (κ2) is 7.70. The fourth-order valence-electron chi connectivity index (χ4n) is 3.63. The van der Waals surface area contributed by atoms with Crippen molar-refractivity contribution in [2.24, 2.45) is 5.10 Å². The van der Waals surface area contributed by atoms with Crippen LogP contribution in [0, 0.1) is 0 Å². The second-order valence-corrected chi connectivity index (χ2v) is 6.84. The van der Waals surface area contributed by atoms with Gasteiger partial charge < -0.3 is 4.90 Å². The molecule has 2 aromatic rings. The molecule has 0 bridgehead atoms. The summed E-state index contributed by atoms with van der Waals surface area (Å²) >= 11 is 0. The van der Waals surface area contributed by atoms with Crippen LogP contribution in [0.3, 0.4) is 0 Å². The van der Waals surface area contributed by atoms with Crippen LogP contribution in [0.5, 0.6) is 0 Å². The van der Waals surface area contributed by atoms with E-state index in [9.17, 15) is 4.79 Å². The zero-order valence-electron chi connectivity index (χ0n) is 14.9. The van der Waals surface area contributed by atoms with Crippen LogP contribution in [0.1, 0.15) is 23.6 Å². The molecule has 2 aliphatic rings. The molecule has 1 fully saturated rings. The van der Waals surface area contributed by atoms with Crippen LogP contribution < -0.4 is 0 Å². The topological polar surface area (TPSA) is 39.2 Å². The number of hydrogen-bond acceptors (Lipinski definition) is 3. The molecule has 2 heterocycles. The molecular formula is C21H24N4O. The molecule has 1 saturated heterocycles. The average molecular weight is 348 g/mol. The minimum absolute atomic E-state index is 0.0195. The first-order valence-corrected chi connectivity index (χ1v) is 9.23. The molecule has 0 aromatic heterocycles. The molecule has 4 rings (SSSR count). The summed E-state index contributed by atoms with van der Waals surface area (Å²) in [5, 5.41) is 6.01. The van der Waals surface area contributed by atoms with Gasteiger partial charge in [0, 0.05) is 45.4 Å². The predicted octanol–water partition coefficient (Wildman–Crippen LogP) is 3.36. The summed E-state index contributed by atoms with van der Waals surface area (Å²) < 4.78 is 0. The summed E-state index contributed by atoms with van der Waals surface area (Å²) in [6.07, 6.45) is 2.63. The summed E-state index contributed by atoms with van der Waals surface area (Å²) in [6.45, 7) is 4.23. The quantitative estimate of drug-likeness (QED) is 0.853. The van der Waals surface area contributed by atoms with Crippen LogP contribution in [-0.2, 0) is 6.54 Å². The van der Waals surface area contributed by atoms with Gasteiger partial charge in [0.15, 0.2) is 0 Å². The highest BCUT2D eigenvalue weighted by Crippen LogP contribution is 2.29. The Morgan fingerprint density at radius 2 is 1.58 bits per heavy atom. The van der Waals surface area contributed by atoms with Crippen LogP contribution in [-0.4, -0.2) is 53.2 Å². The third-order valence-corrected chi connectivity index (χ3v) is 5.10. The van der Waals surface area contributed by atoms with Crippen molar-refractivity contribution in [1.82, 2.24) is 14.8 Å². The molecule has 26 heavy (non-hydrogen) atoms. The van der Waals surface area contributed by atoms with Crippen LogP contribution in [0.4, 0.5) is 4.79 Å². The molecule has 1 unspecified atom stereocenters. The van der Waals surface area contributed by atoms with Gasteiger partial charge in [0.05, 0.1) is 6.04 Å². The highest BCUT2D eigenvalue weighted by Gasteiger charge is 2.32. The minimum atomic E-state index is 0.0195. The normalized spacial score (nSPS) is 20.5. The molecule has 134 valence electrons. The first kappa shape index (κ1) is 16.8. The largest absolute Gasteiger partial charge is 0.341 e. The zero-order chi connectivity index (χ0) is 17.8. The number of hydrazone groups is 1.